The van der Waals surface area contributed by atoms with Gasteiger partial charge in [-0.05, 0) is 50.0 Å². The lowest BCUT2D eigenvalue weighted by Gasteiger charge is -2.05. The van der Waals surface area contributed by atoms with Gasteiger partial charge in [-0.3, -0.25) is 0 Å². The van der Waals surface area contributed by atoms with Crippen LogP contribution in [0.5, 0.6) is 0 Å². The average Bonchev–Trinajstić information content (AvgIpc) is 3.15. The largest absolute Gasteiger partial charge is 0.367 e. The van der Waals surface area contributed by atoms with Crippen LogP contribution in [0.25, 0.3) is 5.57 Å². The van der Waals surface area contributed by atoms with E-state index in [1.807, 2.05) is 32.2 Å². The summed E-state index contributed by atoms with van der Waals surface area (Å²) in [4.78, 5) is 4.45. The Hall–Kier alpha value is -1.83. The summed E-state index contributed by atoms with van der Waals surface area (Å²) in [7, 11) is 0. The minimum absolute atomic E-state index is 0.646. The molecule has 0 saturated heterocycles. The van der Waals surface area contributed by atoms with Gasteiger partial charge in [-0.2, -0.15) is 0 Å². The van der Waals surface area contributed by atoms with Crippen LogP contribution in [-0.4, -0.2) is 11.0 Å². The van der Waals surface area contributed by atoms with Gasteiger partial charge < -0.3 is 5.32 Å². The Bertz CT molecular complexity index is 476. The molecule has 2 heteroatoms. The average molecular weight is 240 g/mol. The zero-order valence-electron chi connectivity index (χ0n) is 11.1. The van der Waals surface area contributed by atoms with Crippen molar-refractivity contribution in [3.8, 4) is 0 Å². The highest BCUT2D eigenvalue weighted by atomic mass is 15.0. The van der Waals surface area contributed by atoms with Crippen LogP contribution < -0.4 is 5.32 Å². The maximum atomic E-state index is 4.45. The van der Waals surface area contributed by atoms with E-state index in [1.54, 1.807) is 0 Å². The fraction of sp³-hybridized carbons (Fsp3) is 0.312. The molecular formula is C16H20N2. The summed E-state index contributed by atoms with van der Waals surface area (Å²) in [6.07, 6.45) is 10.6. The lowest BCUT2D eigenvalue weighted by molar-refractivity contribution is 1.11. The second kappa shape index (κ2) is 5.67. The lowest BCUT2D eigenvalue weighted by atomic mass is 10.1. The predicted molar refractivity (Wildman–Crippen MR) is 78.5 cm³/mol. The molecule has 2 rings (SSSR count). The van der Waals surface area contributed by atoms with Crippen LogP contribution in [0.15, 0.2) is 48.7 Å². The number of pyridine rings is 1. The van der Waals surface area contributed by atoms with E-state index in [9.17, 15) is 0 Å². The predicted octanol–water partition coefficient (Wildman–Crippen LogP) is 4.19. The summed E-state index contributed by atoms with van der Waals surface area (Å²) < 4.78 is 0. The Kier molecular flexibility index (Phi) is 3.98. The maximum Gasteiger partial charge on any atom is 0.126 e. The first kappa shape index (κ1) is 12.6. The highest BCUT2D eigenvalue weighted by molar-refractivity contribution is 5.74. The number of rotatable bonds is 5. The Morgan fingerprint density at radius 3 is 2.67 bits per heavy atom. The summed E-state index contributed by atoms with van der Waals surface area (Å²) >= 11 is 0. The Balaban J connectivity index is 2.08. The first-order valence-corrected chi connectivity index (χ1v) is 6.42. The minimum Gasteiger partial charge on any atom is -0.367 e. The van der Waals surface area contributed by atoms with Gasteiger partial charge in [0, 0.05) is 12.2 Å². The van der Waals surface area contributed by atoms with Gasteiger partial charge in [0.1, 0.15) is 5.82 Å². The quantitative estimate of drug-likeness (QED) is 0.780. The summed E-state index contributed by atoms with van der Waals surface area (Å²) in [5, 5.41) is 3.39. The van der Waals surface area contributed by atoms with Crippen LogP contribution in [0, 0.1) is 0 Å². The van der Waals surface area contributed by atoms with Crippen LogP contribution in [0.1, 0.15) is 32.3 Å². The van der Waals surface area contributed by atoms with Crippen molar-refractivity contribution in [3.05, 3.63) is 54.3 Å². The third-order valence-corrected chi connectivity index (χ3v) is 2.88. The summed E-state index contributed by atoms with van der Waals surface area (Å²) in [5.74, 6) is 0.973. The highest BCUT2D eigenvalue weighted by Gasteiger charge is 2.20. The number of allylic oxidation sites excluding steroid dienone is 5. The number of aromatic nitrogens is 1. The van der Waals surface area contributed by atoms with E-state index < -0.39 is 0 Å². The van der Waals surface area contributed by atoms with Gasteiger partial charge >= 0.3 is 0 Å². The molecule has 0 spiro atoms. The number of anilines is 1. The molecule has 1 aromatic rings. The van der Waals surface area contributed by atoms with Crippen LogP contribution in [-0.2, 0) is 0 Å². The number of hydrogen-bond acceptors (Lipinski definition) is 2. The maximum absolute atomic E-state index is 4.45. The molecule has 0 aliphatic heterocycles. The molecule has 1 heterocycles. The van der Waals surface area contributed by atoms with Crippen molar-refractivity contribution in [2.45, 2.75) is 32.7 Å². The second-order valence-corrected chi connectivity index (χ2v) is 4.77. The van der Waals surface area contributed by atoms with Crippen LogP contribution >= 0.6 is 0 Å². The normalized spacial score (nSPS) is 16.0. The molecule has 0 atom stereocenters. The van der Waals surface area contributed by atoms with E-state index in [1.165, 1.54) is 18.4 Å². The molecule has 0 amide bonds. The smallest absolute Gasteiger partial charge is 0.126 e. The fourth-order valence-electron chi connectivity index (χ4n) is 1.68. The molecule has 0 radical (unpaired) electrons. The van der Waals surface area contributed by atoms with Crippen molar-refractivity contribution in [1.29, 1.82) is 0 Å². The molecule has 0 aromatic carbocycles. The first-order chi connectivity index (χ1) is 8.69. The summed E-state index contributed by atoms with van der Waals surface area (Å²) in [6.45, 7) is 7.90. The number of nitrogens with one attached hydrogen (secondary N) is 1. The van der Waals surface area contributed by atoms with Crippen molar-refractivity contribution >= 4 is 11.4 Å². The van der Waals surface area contributed by atoms with Crippen molar-refractivity contribution in [2.24, 2.45) is 0 Å². The Labute approximate surface area is 109 Å². The van der Waals surface area contributed by atoms with Crippen molar-refractivity contribution < 1.29 is 0 Å². The monoisotopic (exact) mass is 240 g/mol. The van der Waals surface area contributed by atoms with Gasteiger partial charge in [0.25, 0.3) is 0 Å². The molecule has 18 heavy (non-hydrogen) atoms. The van der Waals surface area contributed by atoms with E-state index in [0.717, 1.165) is 17.0 Å². The molecular weight excluding hydrogens is 220 g/mol. The molecule has 1 aliphatic rings. The van der Waals surface area contributed by atoms with Crippen molar-refractivity contribution in [1.82, 2.24) is 4.98 Å². The van der Waals surface area contributed by atoms with E-state index in [4.69, 9.17) is 0 Å². The van der Waals surface area contributed by atoms with Gasteiger partial charge in [0.05, 0.1) is 0 Å². The third-order valence-electron chi connectivity index (χ3n) is 2.88. The molecule has 1 saturated carbocycles. The zero-order valence-corrected chi connectivity index (χ0v) is 11.1. The first-order valence-electron chi connectivity index (χ1n) is 6.42. The van der Waals surface area contributed by atoms with E-state index in [-0.39, 0.29) is 0 Å². The topological polar surface area (TPSA) is 24.9 Å². The van der Waals surface area contributed by atoms with Crippen molar-refractivity contribution in [3.63, 3.8) is 0 Å². The lowest BCUT2D eigenvalue weighted by Crippen LogP contribution is -2.02. The molecule has 1 aromatic heterocycles. The van der Waals surface area contributed by atoms with Crippen LogP contribution in [0.2, 0.25) is 0 Å². The molecule has 2 nitrogen and oxygen atoms in total. The summed E-state index contributed by atoms with van der Waals surface area (Å²) in [6, 6.07) is 4.80. The minimum atomic E-state index is 0.646. The van der Waals surface area contributed by atoms with Gasteiger partial charge in [-0.25, -0.2) is 4.98 Å². The SMILES string of the molecule is C=C(C)/C=C\C(=C/C)c1ccc(NC2CC2)nc1. The number of nitrogens with zero attached hydrogens (tertiary/aromatic N) is 1. The van der Waals surface area contributed by atoms with Gasteiger partial charge in [-0.15, -0.1) is 0 Å². The standard InChI is InChI=1S/C16H20N2/c1-4-13(6-5-12(2)3)14-7-10-16(17-11-14)18-15-8-9-15/h4-7,10-11,15H,2,8-9H2,1,3H3,(H,17,18)/b6-5-,13-4+. The molecule has 1 aliphatic carbocycles. The molecule has 1 N–H and O–H groups in total. The molecule has 1 fully saturated rings. The fourth-order valence-corrected chi connectivity index (χ4v) is 1.68. The molecule has 0 bridgehead atoms. The van der Waals surface area contributed by atoms with E-state index >= 15 is 0 Å². The van der Waals surface area contributed by atoms with Gasteiger partial charge in [0.2, 0.25) is 0 Å². The Morgan fingerprint density at radius 1 is 1.39 bits per heavy atom. The number of hydrogen-bond donors (Lipinski definition) is 1. The van der Waals surface area contributed by atoms with Gasteiger partial charge in [-0.1, -0.05) is 30.4 Å². The van der Waals surface area contributed by atoms with Crippen LogP contribution in [0.4, 0.5) is 5.82 Å². The zero-order chi connectivity index (χ0) is 13.0. The highest BCUT2D eigenvalue weighted by Crippen LogP contribution is 2.24. The second-order valence-electron chi connectivity index (χ2n) is 4.77. The summed E-state index contributed by atoms with van der Waals surface area (Å²) in [5.41, 5.74) is 3.36. The third kappa shape index (κ3) is 3.59. The molecule has 94 valence electrons. The van der Waals surface area contributed by atoms with Gasteiger partial charge in [0.15, 0.2) is 0 Å². The van der Waals surface area contributed by atoms with E-state index in [0.29, 0.717) is 6.04 Å². The van der Waals surface area contributed by atoms with E-state index in [2.05, 4.69) is 35.1 Å². The molecule has 0 unspecified atom stereocenters. The Morgan fingerprint density at radius 2 is 2.17 bits per heavy atom. The van der Waals surface area contributed by atoms with Crippen LogP contribution in [0.3, 0.4) is 0 Å². The van der Waals surface area contributed by atoms with Crippen molar-refractivity contribution in [2.75, 3.05) is 5.32 Å².